The first-order valence-corrected chi connectivity index (χ1v) is 8.14. The second-order valence-electron chi connectivity index (χ2n) is 6.08. The van der Waals surface area contributed by atoms with Crippen LogP contribution in [-0.4, -0.2) is 31.7 Å². The van der Waals surface area contributed by atoms with E-state index < -0.39 is 5.79 Å². The minimum absolute atomic E-state index is 0.106. The molecule has 0 unspecified atom stereocenters. The average molecular weight is 284 g/mol. The van der Waals surface area contributed by atoms with Crippen LogP contribution in [0.25, 0.3) is 0 Å². The molecule has 118 valence electrons. The Morgan fingerprint density at radius 3 is 2.35 bits per heavy atom. The van der Waals surface area contributed by atoms with E-state index in [0.29, 0.717) is 13.2 Å². The summed E-state index contributed by atoms with van der Waals surface area (Å²) >= 11 is 0. The van der Waals surface area contributed by atoms with Gasteiger partial charge in [0.05, 0.1) is 13.2 Å². The molecule has 0 radical (unpaired) electrons. The maximum Gasteiger partial charge on any atom is 0.163 e. The van der Waals surface area contributed by atoms with Crippen LogP contribution in [0.4, 0.5) is 0 Å². The lowest BCUT2D eigenvalue weighted by Gasteiger charge is -2.17. The van der Waals surface area contributed by atoms with E-state index in [2.05, 4.69) is 6.58 Å². The van der Waals surface area contributed by atoms with Gasteiger partial charge in [-0.15, -0.1) is 6.58 Å². The minimum atomic E-state index is -0.431. The molecular weight excluding hydrogens is 252 g/mol. The lowest BCUT2D eigenvalue weighted by molar-refractivity contribution is -0.145. The zero-order valence-corrected chi connectivity index (χ0v) is 13.4. The minimum Gasteiger partial charge on any atom is -0.379 e. The fourth-order valence-electron chi connectivity index (χ4n) is 2.44. The van der Waals surface area contributed by atoms with Gasteiger partial charge in [-0.2, -0.15) is 0 Å². The molecule has 0 aliphatic carbocycles. The zero-order chi connectivity index (χ0) is 14.7. The van der Waals surface area contributed by atoms with Gasteiger partial charge in [0.15, 0.2) is 5.79 Å². The molecule has 1 aliphatic rings. The van der Waals surface area contributed by atoms with Gasteiger partial charge in [-0.1, -0.05) is 38.2 Å². The molecule has 0 N–H and O–H groups in total. The Morgan fingerprint density at radius 2 is 1.75 bits per heavy atom. The first-order valence-electron chi connectivity index (χ1n) is 8.14. The molecule has 1 saturated heterocycles. The summed E-state index contributed by atoms with van der Waals surface area (Å²) in [5, 5.41) is 0. The molecular formula is C17H32O3. The third kappa shape index (κ3) is 8.72. The fraction of sp³-hybridized carbons (Fsp3) is 0.882. The van der Waals surface area contributed by atoms with E-state index in [4.69, 9.17) is 14.2 Å². The molecule has 3 nitrogen and oxygen atoms in total. The van der Waals surface area contributed by atoms with E-state index in [1.54, 1.807) is 0 Å². The largest absolute Gasteiger partial charge is 0.379 e. The molecule has 0 bridgehead atoms. The van der Waals surface area contributed by atoms with E-state index in [1.807, 2.05) is 19.9 Å². The summed E-state index contributed by atoms with van der Waals surface area (Å²) in [5.74, 6) is -0.431. The van der Waals surface area contributed by atoms with Gasteiger partial charge >= 0.3 is 0 Å². The molecule has 1 heterocycles. The molecule has 1 atom stereocenters. The summed E-state index contributed by atoms with van der Waals surface area (Å²) in [6, 6.07) is 0. The highest BCUT2D eigenvalue weighted by atomic mass is 16.7. The number of allylic oxidation sites excluding steroid dienone is 1. The van der Waals surface area contributed by atoms with Crippen molar-refractivity contribution < 1.29 is 14.2 Å². The first kappa shape index (κ1) is 17.7. The van der Waals surface area contributed by atoms with Gasteiger partial charge in [0.1, 0.15) is 6.10 Å². The number of hydrogen-bond donors (Lipinski definition) is 0. The Kier molecular flexibility index (Phi) is 9.16. The molecule has 3 heteroatoms. The van der Waals surface area contributed by atoms with Gasteiger partial charge in [-0.3, -0.25) is 0 Å². The number of ether oxygens (including phenoxy) is 3. The Bertz CT molecular complexity index is 251. The van der Waals surface area contributed by atoms with E-state index in [9.17, 15) is 0 Å². The van der Waals surface area contributed by atoms with E-state index in [-0.39, 0.29) is 6.10 Å². The van der Waals surface area contributed by atoms with Crippen LogP contribution in [0.15, 0.2) is 12.7 Å². The van der Waals surface area contributed by atoms with Crippen molar-refractivity contribution in [2.24, 2.45) is 0 Å². The van der Waals surface area contributed by atoms with E-state index >= 15 is 0 Å². The molecule has 20 heavy (non-hydrogen) atoms. The third-order valence-electron chi connectivity index (χ3n) is 3.57. The third-order valence-corrected chi connectivity index (χ3v) is 3.57. The molecule has 0 aromatic rings. The van der Waals surface area contributed by atoms with Crippen LogP contribution < -0.4 is 0 Å². The van der Waals surface area contributed by atoms with Crippen molar-refractivity contribution >= 4 is 0 Å². The number of hydrogen-bond acceptors (Lipinski definition) is 3. The highest BCUT2D eigenvalue weighted by molar-refractivity contribution is 4.70. The Hall–Kier alpha value is -0.380. The van der Waals surface area contributed by atoms with Gasteiger partial charge < -0.3 is 14.2 Å². The van der Waals surface area contributed by atoms with Gasteiger partial charge in [0.2, 0.25) is 0 Å². The highest BCUT2D eigenvalue weighted by Gasteiger charge is 2.32. The summed E-state index contributed by atoms with van der Waals surface area (Å²) in [6.07, 6.45) is 12.4. The smallest absolute Gasteiger partial charge is 0.163 e. The summed E-state index contributed by atoms with van der Waals surface area (Å²) in [7, 11) is 0. The molecule has 1 aliphatic heterocycles. The number of rotatable bonds is 12. The topological polar surface area (TPSA) is 27.7 Å². The van der Waals surface area contributed by atoms with Crippen molar-refractivity contribution in [1.29, 1.82) is 0 Å². The lowest BCUT2D eigenvalue weighted by Crippen LogP contribution is -2.24. The molecule has 1 rings (SSSR count). The Morgan fingerprint density at radius 1 is 1.10 bits per heavy atom. The van der Waals surface area contributed by atoms with Crippen LogP contribution in [0.2, 0.25) is 0 Å². The van der Waals surface area contributed by atoms with Crippen molar-refractivity contribution in [2.75, 3.05) is 19.8 Å². The quantitative estimate of drug-likeness (QED) is 0.391. The van der Waals surface area contributed by atoms with Crippen LogP contribution in [-0.2, 0) is 14.2 Å². The van der Waals surface area contributed by atoms with Crippen LogP contribution in [0.3, 0.4) is 0 Å². The van der Waals surface area contributed by atoms with Crippen molar-refractivity contribution in [2.45, 2.75) is 77.1 Å². The molecule has 0 amide bonds. The Labute approximate surface area is 124 Å². The molecule has 0 spiro atoms. The summed E-state index contributed by atoms with van der Waals surface area (Å²) in [4.78, 5) is 0. The van der Waals surface area contributed by atoms with Crippen molar-refractivity contribution in [3.05, 3.63) is 12.7 Å². The van der Waals surface area contributed by atoms with Gasteiger partial charge in [-0.05, 0) is 33.1 Å². The maximum absolute atomic E-state index is 5.69. The first-order chi connectivity index (χ1) is 9.64. The van der Waals surface area contributed by atoms with E-state index in [1.165, 1.54) is 38.5 Å². The van der Waals surface area contributed by atoms with E-state index in [0.717, 1.165) is 19.4 Å². The average Bonchev–Trinajstić information content (AvgIpc) is 2.75. The molecule has 0 aromatic heterocycles. The van der Waals surface area contributed by atoms with Crippen LogP contribution in [0.1, 0.15) is 65.2 Å². The molecule has 0 aromatic carbocycles. The SMILES string of the molecule is C=CCCCCCCCCCOC[C@H]1COC(C)(C)O1. The van der Waals surface area contributed by atoms with Crippen molar-refractivity contribution in [3.63, 3.8) is 0 Å². The summed E-state index contributed by atoms with van der Waals surface area (Å²) in [6.45, 7) is 9.79. The maximum atomic E-state index is 5.69. The predicted octanol–water partition coefficient (Wildman–Crippen LogP) is 4.46. The molecule has 0 saturated carbocycles. The molecule has 1 fully saturated rings. The summed E-state index contributed by atoms with van der Waals surface area (Å²) < 4.78 is 16.8. The van der Waals surface area contributed by atoms with Gasteiger partial charge in [0.25, 0.3) is 0 Å². The van der Waals surface area contributed by atoms with Crippen molar-refractivity contribution in [1.82, 2.24) is 0 Å². The van der Waals surface area contributed by atoms with Crippen LogP contribution >= 0.6 is 0 Å². The standard InChI is InChI=1S/C17H32O3/c1-4-5-6-7-8-9-10-11-12-13-18-14-16-15-19-17(2,3)20-16/h4,16H,1,5-15H2,2-3H3/t16-/m0/s1. The second-order valence-corrected chi connectivity index (χ2v) is 6.08. The lowest BCUT2D eigenvalue weighted by atomic mass is 10.1. The summed E-state index contributed by atoms with van der Waals surface area (Å²) in [5.41, 5.74) is 0. The normalized spacial score (nSPS) is 21.2. The van der Waals surface area contributed by atoms with Gasteiger partial charge in [0, 0.05) is 6.61 Å². The van der Waals surface area contributed by atoms with Crippen LogP contribution in [0, 0.1) is 0 Å². The zero-order valence-electron chi connectivity index (χ0n) is 13.4. The van der Waals surface area contributed by atoms with Gasteiger partial charge in [-0.25, -0.2) is 0 Å². The fourth-order valence-corrected chi connectivity index (χ4v) is 2.44. The predicted molar refractivity (Wildman–Crippen MR) is 82.9 cm³/mol. The van der Waals surface area contributed by atoms with Crippen molar-refractivity contribution in [3.8, 4) is 0 Å². The highest BCUT2D eigenvalue weighted by Crippen LogP contribution is 2.22. The number of unbranched alkanes of at least 4 members (excludes halogenated alkanes) is 7. The Balaban J connectivity index is 1.78. The second kappa shape index (κ2) is 10.4. The monoisotopic (exact) mass is 284 g/mol. The van der Waals surface area contributed by atoms with Crippen LogP contribution in [0.5, 0.6) is 0 Å².